The maximum Gasteiger partial charge on any atom is 0.272 e. The molecule has 1 saturated heterocycles. The zero-order valence-electron chi connectivity index (χ0n) is 20.9. The molecule has 9 nitrogen and oxygen atoms in total. The van der Waals surface area contributed by atoms with E-state index in [4.69, 9.17) is 0 Å². The number of likely N-dealkylation sites (N-methyl/N-ethyl adjacent to an activating group) is 1. The SMILES string of the molecule is CC[C@H]1CCCCN1CCCNC(=O)c1cc2n(n1)C[C@@](C)(C(=O)NC1CCCC1)N(C)C2=O. The number of hydrogen-bond donors (Lipinski definition) is 2. The van der Waals surface area contributed by atoms with E-state index in [1.807, 2.05) is 0 Å². The second-order valence-corrected chi connectivity index (χ2v) is 10.4. The van der Waals surface area contributed by atoms with E-state index in [9.17, 15) is 14.4 Å². The van der Waals surface area contributed by atoms with Crippen LogP contribution in [0, 0.1) is 0 Å². The number of fused-ring (bicyclic) bond motifs is 1. The standard InChI is InChI=1S/C25H40N6O3/c1-4-19-12-7-8-14-30(19)15-9-13-26-22(32)20-16-21-23(33)29(3)25(2,17-31(21)28-20)24(34)27-18-10-5-6-11-18/h16,18-19H,4-15,17H2,1-3H3,(H,26,32)(H,27,34)/t19-,25-/m0/s1. The van der Waals surface area contributed by atoms with Crippen LogP contribution in [-0.2, 0) is 11.3 Å². The predicted octanol–water partition coefficient (Wildman–Crippen LogP) is 2.17. The van der Waals surface area contributed by atoms with Gasteiger partial charge in [0.25, 0.3) is 11.8 Å². The number of amides is 3. The van der Waals surface area contributed by atoms with Crippen molar-refractivity contribution in [2.24, 2.45) is 0 Å². The van der Waals surface area contributed by atoms with Crippen molar-refractivity contribution in [2.45, 2.75) is 95.8 Å². The molecular weight excluding hydrogens is 432 g/mol. The maximum atomic E-state index is 13.1. The topological polar surface area (TPSA) is 99.6 Å². The van der Waals surface area contributed by atoms with Crippen molar-refractivity contribution in [3.63, 3.8) is 0 Å². The van der Waals surface area contributed by atoms with Crippen LogP contribution in [0.25, 0.3) is 0 Å². The zero-order valence-corrected chi connectivity index (χ0v) is 20.9. The van der Waals surface area contributed by atoms with Gasteiger partial charge in [-0.25, -0.2) is 0 Å². The van der Waals surface area contributed by atoms with Crippen LogP contribution in [0.4, 0.5) is 0 Å². The van der Waals surface area contributed by atoms with E-state index in [2.05, 4.69) is 27.6 Å². The van der Waals surface area contributed by atoms with E-state index < -0.39 is 5.54 Å². The molecule has 1 aliphatic carbocycles. The number of nitrogens with zero attached hydrogens (tertiary/aromatic N) is 4. The highest BCUT2D eigenvalue weighted by atomic mass is 16.2. The number of hydrogen-bond acceptors (Lipinski definition) is 5. The molecule has 9 heteroatoms. The van der Waals surface area contributed by atoms with Crippen LogP contribution < -0.4 is 10.6 Å². The highest BCUT2D eigenvalue weighted by molar-refractivity contribution is 6.01. The van der Waals surface area contributed by atoms with Crippen LogP contribution in [-0.4, -0.2) is 81.6 Å². The molecule has 2 atom stereocenters. The monoisotopic (exact) mass is 472 g/mol. The third-order valence-electron chi connectivity index (χ3n) is 8.04. The van der Waals surface area contributed by atoms with E-state index in [1.54, 1.807) is 20.0 Å². The molecule has 3 heterocycles. The molecule has 0 bridgehead atoms. The molecule has 188 valence electrons. The highest BCUT2D eigenvalue weighted by Crippen LogP contribution is 2.27. The minimum Gasteiger partial charge on any atom is -0.351 e. The number of rotatable bonds is 8. The van der Waals surface area contributed by atoms with E-state index in [0.29, 0.717) is 18.3 Å². The molecule has 2 aliphatic heterocycles. The minimum absolute atomic E-state index is 0.162. The molecule has 3 aliphatic rings. The van der Waals surface area contributed by atoms with E-state index in [0.717, 1.165) is 45.2 Å². The van der Waals surface area contributed by atoms with E-state index in [1.165, 1.54) is 35.3 Å². The molecule has 2 N–H and O–H groups in total. The lowest BCUT2D eigenvalue weighted by molar-refractivity contribution is -0.133. The van der Waals surface area contributed by atoms with Crippen molar-refractivity contribution in [2.75, 3.05) is 26.7 Å². The van der Waals surface area contributed by atoms with Crippen molar-refractivity contribution >= 4 is 17.7 Å². The van der Waals surface area contributed by atoms with Gasteiger partial charge in [-0.2, -0.15) is 5.10 Å². The Hall–Kier alpha value is -2.42. The Morgan fingerprint density at radius 1 is 1.18 bits per heavy atom. The molecule has 3 amide bonds. The van der Waals surface area contributed by atoms with Gasteiger partial charge in [0.2, 0.25) is 5.91 Å². The summed E-state index contributed by atoms with van der Waals surface area (Å²) < 4.78 is 1.52. The highest BCUT2D eigenvalue weighted by Gasteiger charge is 2.46. The Morgan fingerprint density at radius 2 is 1.91 bits per heavy atom. The summed E-state index contributed by atoms with van der Waals surface area (Å²) in [5.41, 5.74) is -0.476. The Bertz CT molecular complexity index is 908. The first kappa shape index (κ1) is 24.7. The van der Waals surface area contributed by atoms with Gasteiger partial charge in [0.05, 0.1) is 6.54 Å². The van der Waals surface area contributed by atoms with Crippen LogP contribution >= 0.6 is 0 Å². The van der Waals surface area contributed by atoms with Gasteiger partial charge < -0.3 is 20.4 Å². The Morgan fingerprint density at radius 3 is 2.65 bits per heavy atom. The third kappa shape index (κ3) is 4.99. The minimum atomic E-state index is -1.04. The molecular formula is C25H40N6O3. The van der Waals surface area contributed by atoms with Gasteiger partial charge in [0.15, 0.2) is 5.69 Å². The summed E-state index contributed by atoms with van der Waals surface area (Å²) in [5.74, 6) is -0.733. The fourth-order valence-electron chi connectivity index (χ4n) is 5.64. The van der Waals surface area contributed by atoms with Gasteiger partial charge in [0.1, 0.15) is 11.2 Å². The fraction of sp³-hybridized carbons (Fsp3) is 0.760. The summed E-state index contributed by atoms with van der Waals surface area (Å²) >= 11 is 0. The smallest absolute Gasteiger partial charge is 0.272 e. The Kier molecular flexibility index (Phi) is 7.60. The Labute approximate surface area is 202 Å². The quantitative estimate of drug-likeness (QED) is 0.565. The molecule has 2 fully saturated rings. The van der Waals surface area contributed by atoms with Crippen LogP contribution in [0.5, 0.6) is 0 Å². The van der Waals surface area contributed by atoms with Crippen LogP contribution in [0.3, 0.4) is 0 Å². The summed E-state index contributed by atoms with van der Waals surface area (Å²) in [5, 5.41) is 10.5. The lowest BCUT2D eigenvalue weighted by Gasteiger charge is -2.41. The molecule has 4 rings (SSSR count). The summed E-state index contributed by atoms with van der Waals surface area (Å²) in [6.45, 7) is 6.93. The van der Waals surface area contributed by atoms with Crippen molar-refractivity contribution in [1.82, 2.24) is 30.2 Å². The number of carbonyl (C=O) groups excluding carboxylic acids is 3. The van der Waals surface area contributed by atoms with Gasteiger partial charge in [-0.05, 0) is 52.0 Å². The van der Waals surface area contributed by atoms with Gasteiger partial charge in [0, 0.05) is 38.3 Å². The van der Waals surface area contributed by atoms with Gasteiger partial charge in [-0.1, -0.05) is 26.2 Å². The van der Waals surface area contributed by atoms with Gasteiger partial charge in [-0.3, -0.25) is 19.1 Å². The maximum absolute atomic E-state index is 13.1. The van der Waals surface area contributed by atoms with E-state index >= 15 is 0 Å². The molecule has 0 unspecified atom stereocenters. The normalized spacial score (nSPS) is 25.9. The lowest BCUT2D eigenvalue weighted by Crippen LogP contribution is -2.63. The number of nitrogens with one attached hydrogen (secondary N) is 2. The molecule has 34 heavy (non-hydrogen) atoms. The number of aromatic nitrogens is 2. The van der Waals surface area contributed by atoms with Crippen molar-refractivity contribution in [1.29, 1.82) is 0 Å². The first-order valence-electron chi connectivity index (χ1n) is 13.0. The zero-order chi connectivity index (χ0) is 24.3. The number of likely N-dealkylation sites (tertiary alicyclic amines) is 1. The summed E-state index contributed by atoms with van der Waals surface area (Å²) in [6.07, 6.45) is 10.1. The Balaban J connectivity index is 1.34. The summed E-state index contributed by atoms with van der Waals surface area (Å²) in [4.78, 5) is 42.9. The predicted molar refractivity (Wildman–Crippen MR) is 130 cm³/mol. The average Bonchev–Trinajstić information content (AvgIpc) is 3.50. The first-order chi connectivity index (χ1) is 16.3. The van der Waals surface area contributed by atoms with Crippen LogP contribution in [0.2, 0.25) is 0 Å². The molecule has 0 aromatic carbocycles. The van der Waals surface area contributed by atoms with Crippen LogP contribution in [0.15, 0.2) is 6.07 Å². The number of piperidine rings is 1. The largest absolute Gasteiger partial charge is 0.351 e. The molecule has 1 saturated carbocycles. The molecule has 0 radical (unpaired) electrons. The van der Waals surface area contributed by atoms with Gasteiger partial charge >= 0.3 is 0 Å². The van der Waals surface area contributed by atoms with Crippen molar-refractivity contribution in [3.8, 4) is 0 Å². The summed E-state index contributed by atoms with van der Waals surface area (Å²) in [7, 11) is 1.65. The van der Waals surface area contributed by atoms with E-state index in [-0.39, 0.29) is 36.0 Å². The number of carbonyl (C=O) groups is 3. The molecule has 1 aromatic heterocycles. The van der Waals surface area contributed by atoms with Crippen LogP contribution in [0.1, 0.15) is 92.6 Å². The third-order valence-corrected chi connectivity index (χ3v) is 8.04. The lowest BCUT2D eigenvalue weighted by atomic mass is 9.95. The van der Waals surface area contributed by atoms with Gasteiger partial charge in [-0.15, -0.1) is 0 Å². The fourth-order valence-corrected chi connectivity index (χ4v) is 5.64. The van der Waals surface area contributed by atoms with Crippen molar-refractivity contribution < 1.29 is 14.4 Å². The second kappa shape index (κ2) is 10.5. The average molecular weight is 473 g/mol. The molecule has 1 aromatic rings. The first-order valence-corrected chi connectivity index (χ1v) is 13.0. The second-order valence-electron chi connectivity index (χ2n) is 10.4. The van der Waals surface area contributed by atoms with Crippen molar-refractivity contribution in [3.05, 3.63) is 17.5 Å². The molecule has 0 spiro atoms. The summed E-state index contributed by atoms with van der Waals surface area (Å²) in [6, 6.07) is 2.37.